The standard InChI is InChI=1S/C16H17NO/c1-13-6-5-9-15(12-13)16(18)17-11-10-14-7-3-2-4-8-14/h2-9,12H,10-11H2,1H3,(H,17,18). The van der Waals surface area contributed by atoms with Gasteiger partial charge in [-0.25, -0.2) is 0 Å². The number of carbonyl (C=O) groups is 1. The molecule has 1 amide bonds. The average Bonchev–Trinajstić information content (AvgIpc) is 2.40. The SMILES string of the molecule is Cc1cccc(C(=O)NCCc2ccccc2)c1. The summed E-state index contributed by atoms with van der Waals surface area (Å²) in [4.78, 5) is 11.9. The molecule has 0 radical (unpaired) electrons. The molecule has 0 saturated heterocycles. The highest BCUT2D eigenvalue weighted by molar-refractivity contribution is 5.94. The van der Waals surface area contributed by atoms with Crippen molar-refractivity contribution >= 4 is 5.91 Å². The van der Waals surface area contributed by atoms with Crippen LogP contribution in [0.4, 0.5) is 0 Å². The van der Waals surface area contributed by atoms with Crippen LogP contribution in [0.2, 0.25) is 0 Å². The Kier molecular flexibility index (Phi) is 4.13. The van der Waals surface area contributed by atoms with Crippen molar-refractivity contribution in [1.29, 1.82) is 0 Å². The number of benzene rings is 2. The molecule has 2 heteroatoms. The molecule has 0 aromatic heterocycles. The second kappa shape index (κ2) is 6.01. The van der Waals surface area contributed by atoms with Crippen LogP contribution in [0, 0.1) is 6.92 Å². The largest absolute Gasteiger partial charge is 0.352 e. The van der Waals surface area contributed by atoms with Crippen molar-refractivity contribution in [3.8, 4) is 0 Å². The summed E-state index contributed by atoms with van der Waals surface area (Å²) in [5.74, 6) is -0.00497. The highest BCUT2D eigenvalue weighted by Crippen LogP contribution is 2.04. The predicted octanol–water partition coefficient (Wildman–Crippen LogP) is 2.97. The Bertz CT molecular complexity index is 520. The van der Waals surface area contributed by atoms with Crippen LogP contribution >= 0.6 is 0 Å². The molecular formula is C16H17NO. The van der Waals surface area contributed by atoms with E-state index in [9.17, 15) is 4.79 Å². The summed E-state index contributed by atoms with van der Waals surface area (Å²) >= 11 is 0. The quantitative estimate of drug-likeness (QED) is 0.873. The second-order valence-electron chi connectivity index (χ2n) is 4.36. The fourth-order valence-electron chi connectivity index (χ4n) is 1.85. The minimum Gasteiger partial charge on any atom is -0.352 e. The number of amides is 1. The first-order chi connectivity index (χ1) is 8.75. The van der Waals surface area contributed by atoms with Crippen LogP contribution in [0.1, 0.15) is 21.5 Å². The third-order valence-electron chi connectivity index (χ3n) is 2.82. The van der Waals surface area contributed by atoms with Gasteiger partial charge in [0, 0.05) is 12.1 Å². The van der Waals surface area contributed by atoms with Gasteiger partial charge in [-0.05, 0) is 31.0 Å². The fraction of sp³-hybridized carbons (Fsp3) is 0.188. The normalized spacial score (nSPS) is 10.1. The van der Waals surface area contributed by atoms with Crippen LogP contribution < -0.4 is 5.32 Å². The Labute approximate surface area is 108 Å². The molecule has 0 aliphatic heterocycles. The number of hydrogen-bond acceptors (Lipinski definition) is 1. The van der Waals surface area contributed by atoms with Crippen LogP contribution in [0.25, 0.3) is 0 Å². The van der Waals surface area contributed by atoms with Gasteiger partial charge in [-0.1, -0.05) is 48.0 Å². The van der Waals surface area contributed by atoms with E-state index in [4.69, 9.17) is 0 Å². The van der Waals surface area contributed by atoms with Crippen molar-refractivity contribution in [1.82, 2.24) is 5.32 Å². The lowest BCUT2D eigenvalue weighted by Crippen LogP contribution is -2.25. The third kappa shape index (κ3) is 3.45. The van der Waals surface area contributed by atoms with E-state index in [1.165, 1.54) is 5.56 Å². The van der Waals surface area contributed by atoms with Crippen LogP contribution in [-0.4, -0.2) is 12.5 Å². The molecular weight excluding hydrogens is 222 g/mol. The van der Waals surface area contributed by atoms with Gasteiger partial charge >= 0.3 is 0 Å². The van der Waals surface area contributed by atoms with Gasteiger partial charge in [-0.2, -0.15) is 0 Å². The summed E-state index contributed by atoms with van der Waals surface area (Å²) in [6.07, 6.45) is 0.860. The highest BCUT2D eigenvalue weighted by atomic mass is 16.1. The smallest absolute Gasteiger partial charge is 0.251 e. The van der Waals surface area contributed by atoms with E-state index in [-0.39, 0.29) is 5.91 Å². The lowest BCUT2D eigenvalue weighted by Gasteiger charge is -2.06. The van der Waals surface area contributed by atoms with E-state index in [1.54, 1.807) is 0 Å². The van der Waals surface area contributed by atoms with Gasteiger partial charge < -0.3 is 5.32 Å². The molecule has 1 N–H and O–H groups in total. The number of rotatable bonds is 4. The Morgan fingerprint density at radius 2 is 1.83 bits per heavy atom. The number of nitrogens with one attached hydrogen (secondary N) is 1. The molecule has 0 spiro atoms. The summed E-state index contributed by atoms with van der Waals surface area (Å²) in [5, 5.41) is 2.94. The van der Waals surface area contributed by atoms with Crippen molar-refractivity contribution in [2.45, 2.75) is 13.3 Å². The first-order valence-electron chi connectivity index (χ1n) is 6.14. The zero-order valence-corrected chi connectivity index (χ0v) is 10.5. The van der Waals surface area contributed by atoms with Gasteiger partial charge in [0.05, 0.1) is 0 Å². The van der Waals surface area contributed by atoms with Crippen LogP contribution in [0.3, 0.4) is 0 Å². The molecule has 0 unspecified atom stereocenters. The molecule has 18 heavy (non-hydrogen) atoms. The Morgan fingerprint density at radius 3 is 2.56 bits per heavy atom. The molecule has 0 aliphatic rings. The molecule has 2 nitrogen and oxygen atoms in total. The second-order valence-corrected chi connectivity index (χ2v) is 4.36. The zero-order chi connectivity index (χ0) is 12.8. The minimum absolute atomic E-state index is 0.00497. The molecule has 0 fully saturated rings. The molecule has 2 aromatic carbocycles. The lowest BCUT2D eigenvalue weighted by molar-refractivity contribution is 0.0954. The van der Waals surface area contributed by atoms with Crippen molar-refractivity contribution < 1.29 is 4.79 Å². The summed E-state index contributed by atoms with van der Waals surface area (Å²) in [6, 6.07) is 17.8. The first kappa shape index (κ1) is 12.4. The minimum atomic E-state index is -0.00497. The van der Waals surface area contributed by atoms with Gasteiger partial charge in [-0.15, -0.1) is 0 Å². The van der Waals surface area contributed by atoms with Gasteiger partial charge in [-0.3, -0.25) is 4.79 Å². The molecule has 92 valence electrons. The highest BCUT2D eigenvalue weighted by Gasteiger charge is 2.04. The summed E-state index contributed by atoms with van der Waals surface area (Å²) in [7, 11) is 0. The number of aryl methyl sites for hydroxylation is 1. The molecule has 2 aromatic rings. The van der Waals surface area contributed by atoms with Crippen molar-refractivity contribution in [2.75, 3.05) is 6.54 Å². The van der Waals surface area contributed by atoms with E-state index in [0.717, 1.165) is 17.5 Å². The van der Waals surface area contributed by atoms with E-state index in [0.29, 0.717) is 6.54 Å². The maximum absolute atomic E-state index is 11.9. The third-order valence-corrected chi connectivity index (χ3v) is 2.82. The van der Waals surface area contributed by atoms with Crippen molar-refractivity contribution in [3.05, 3.63) is 71.3 Å². The Balaban J connectivity index is 1.86. The van der Waals surface area contributed by atoms with Crippen molar-refractivity contribution in [2.24, 2.45) is 0 Å². The molecule has 0 atom stereocenters. The van der Waals surface area contributed by atoms with E-state index >= 15 is 0 Å². The molecule has 0 heterocycles. The van der Waals surface area contributed by atoms with E-state index in [1.807, 2.05) is 49.4 Å². The van der Waals surface area contributed by atoms with Gasteiger partial charge in [0.15, 0.2) is 0 Å². The summed E-state index contributed by atoms with van der Waals surface area (Å²) < 4.78 is 0. The monoisotopic (exact) mass is 239 g/mol. The van der Waals surface area contributed by atoms with E-state index < -0.39 is 0 Å². The number of carbonyl (C=O) groups excluding carboxylic acids is 1. The maximum Gasteiger partial charge on any atom is 0.251 e. The topological polar surface area (TPSA) is 29.1 Å². The zero-order valence-electron chi connectivity index (χ0n) is 10.5. The fourth-order valence-corrected chi connectivity index (χ4v) is 1.85. The van der Waals surface area contributed by atoms with Crippen LogP contribution in [0.5, 0.6) is 0 Å². The Morgan fingerprint density at radius 1 is 1.06 bits per heavy atom. The molecule has 0 bridgehead atoms. The Hall–Kier alpha value is -2.09. The van der Waals surface area contributed by atoms with E-state index in [2.05, 4.69) is 17.4 Å². The molecule has 2 rings (SSSR count). The van der Waals surface area contributed by atoms with Gasteiger partial charge in [0.2, 0.25) is 0 Å². The summed E-state index contributed by atoms with van der Waals surface area (Å²) in [5.41, 5.74) is 3.07. The van der Waals surface area contributed by atoms with Gasteiger partial charge in [0.1, 0.15) is 0 Å². The van der Waals surface area contributed by atoms with Crippen LogP contribution in [-0.2, 0) is 6.42 Å². The van der Waals surface area contributed by atoms with Crippen molar-refractivity contribution in [3.63, 3.8) is 0 Å². The lowest BCUT2D eigenvalue weighted by atomic mass is 10.1. The van der Waals surface area contributed by atoms with Gasteiger partial charge in [0.25, 0.3) is 5.91 Å². The molecule has 0 aliphatic carbocycles. The average molecular weight is 239 g/mol. The van der Waals surface area contributed by atoms with Crippen LogP contribution in [0.15, 0.2) is 54.6 Å². The first-order valence-corrected chi connectivity index (χ1v) is 6.14. The molecule has 0 saturated carbocycles. The maximum atomic E-state index is 11.9. The predicted molar refractivity (Wildman–Crippen MR) is 73.7 cm³/mol. The number of hydrogen-bond donors (Lipinski definition) is 1. The summed E-state index contributed by atoms with van der Waals surface area (Å²) in [6.45, 7) is 2.65.